The molecule has 158 valence electrons. The molecule has 0 spiro atoms. The van der Waals surface area contributed by atoms with E-state index in [4.69, 9.17) is 9.73 Å². The fourth-order valence-corrected chi connectivity index (χ4v) is 3.48. The van der Waals surface area contributed by atoms with Crippen LogP contribution in [0.1, 0.15) is 53.4 Å². The first-order valence-corrected chi connectivity index (χ1v) is 10.8. The van der Waals surface area contributed by atoms with E-state index < -0.39 is 0 Å². The zero-order chi connectivity index (χ0) is 19.9. The van der Waals surface area contributed by atoms with Gasteiger partial charge in [0.2, 0.25) is 5.91 Å². The van der Waals surface area contributed by atoms with Crippen molar-refractivity contribution in [3.63, 3.8) is 0 Å². The van der Waals surface area contributed by atoms with Gasteiger partial charge in [-0.15, -0.1) is 0 Å². The Morgan fingerprint density at radius 2 is 1.74 bits per heavy atom. The van der Waals surface area contributed by atoms with Crippen molar-refractivity contribution >= 4 is 11.9 Å². The Hall–Kier alpha value is -1.34. The van der Waals surface area contributed by atoms with E-state index in [2.05, 4.69) is 48.5 Å². The summed E-state index contributed by atoms with van der Waals surface area (Å²) in [7, 11) is 0. The summed E-state index contributed by atoms with van der Waals surface area (Å²) in [6.45, 7) is 15.1. The molecule has 1 aliphatic heterocycles. The van der Waals surface area contributed by atoms with E-state index in [-0.39, 0.29) is 5.91 Å². The predicted molar refractivity (Wildman–Crippen MR) is 112 cm³/mol. The van der Waals surface area contributed by atoms with Gasteiger partial charge in [-0.05, 0) is 19.3 Å². The van der Waals surface area contributed by atoms with Crippen molar-refractivity contribution in [1.29, 1.82) is 0 Å². The SMILES string of the molecule is CCCNC(=O)CCNC(=NCC(C(CC)CC)N1CCOCC1)NCC. The molecule has 0 aromatic heterocycles. The van der Waals surface area contributed by atoms with Crippen molar-refractivity contribution < 1.29 is 9.53 Å². The summed E-state index contributed by atoms with van der Waals surface area (Å²) in [6, 6.07) is 0.437. The largest absolute Gasteiger partial charge is 0.379 e. The molecule has 1 saturated heterocycles. The summed E-state index contributed by atoms with van der Waals surface area (Å²) >= 11 is 0. The van der Waals surface area contributed by atoms with Gasteiger partial charge in [0, 0.05) is 45.2 Å². The van der Waals surface area contributed by atoms with Gasteiger partial charge >= 0.3 is 0 Å². The molecule has 1 fully saturated rings. The summed E-state index contributed by atoms with van der Waals surface area (Å²) < 4.78 is 5.52. The van der Waals surface area contributed by atoms with Gasteiger partial charge in [0.15, 0.2) is 5.96 Å². The molecule has 1 atom stereocenters. The maximum absolute atomic E-state index is 11.8. The van der Waals surface area contributed by atoms with E-state index in [1.807, 2.05) is 0 Å². The Morgan fingerprint density at radius 1 is 1.04 bits per heavy atom. The lowest BCUT2D eigenvalue weighted by atomic mass is 9.92. The number of nitrogens with one attached hydrogen (secondary N) is 3. The average molecular weight is 384 g/mol. The second kappa shape index (κ2) is 14.7. The number of morpholine rings is 1. The Kier molecular flexibility index (Phi) is 12.9. The van der Waals surface area contributed by atoms with Crippen molar-refractivity contribution in [3.8, 4) is 0 Å². The molecule has 7 heteroatoms. The van der Waals surface area contributed by atoms with Crippen molar-refractivity contribution in [1.82, 2.24) is 20.9 Å². The lowest BCUT2D eigenvalue weighted by Crippen LogP contribution is -2.49. The molecule has 1 aliphatic rings. The molecular formula is C20H41N5O2. The molecule has 1 heterocycles. The van der Waals surface area contributed by atoms with Crippen LogP contribution in [0.2, 0.25) is 0 Å². The fourth-order valence-electron chi connectivity index (χ4n) is 3.48. The Morgan fingerprint density at radius 3 is 2.33 bits per heavy atom. The van der Waals surface area contributed by atoms with Gasteiger partial charge in [0.25, 0.3) is 0 Å². The molecule has 0 radical (unpaired) electrons. The molecule has 1 amide bonds. The third-order valence-corrected chi connectivity index (χ3v) is 5.10. The van der Waals surface area contributed by atoms with E-state index in [9.17, 15) is 4.79 Å². The lowest BCUT2D eigenvalue weighted by Gasteiger charge is -2.38. The standard InChI is InChI=1S/C20H41N5O2/c1-5-10-22-19(26)9-11-23-20(21-8-4)24-16-18(17(6-2)7-3)25-12-14-27-15-13-25/h17-18H,5-16H2,1-4H3,(H,22,26)(H2,21,23,24). The highest BCUT2D eigenvalue weighted by molar-refractivity contribution is 5.81. The predicted octanol–water partition coefficient (Wildman–Crippen LogP) is 1.59. The highest BCUT2D eigenvalue weighted by atomic mass is 16.5. The van der Waals surface area contributed by atoms with E-state index in [0.29, 0.717) is 24.9 Å². The topological polar surface area (TPSA) is 78.0 Å². The second-order valence-corrected chi connectivity index (χ2v) is 7.04. The maximum atomic E-state index is 11.8. The van der Waals surface area contributed by atoms with Crippen LogP contribution in [-0.4, -0.2) is 75.3 Å². The zero-order valence-corrected chi connectivity index (χ0v) is 17.9. The molecule has 0 aromatic carbocycles. The Bertz CT molecular complexity index is 421. The summed E-state index contributed by atoms with van der Waals surface area (Å²) in [5.74, 6) is 1.52. The molecular weight excluding hydrogens is 342 g/mol. The number of nitrogens with zero attached hydrogens (tertiary/aromatic N) is 2. The number of carbonyl (C=O) groups excluding carboxylic acids is 1. The monoisotopic (exact) mass is 383 g/mol. The molecule has 1 rings (SSSR count). The number of amides is 1. The highest BCUT2D eigenvalue weighted by Gasteiger charge is 2.26. The van der Waals surface area contributed by atoms with Crippen LogP contribution in [0.15, 0.2) is 4.99 Å². The van der Waals surface area contributed by atoms with Gasteiger partial charge in [-0.2, -0.15) is 0 Å². The molecule has 1 unspecified atom stereocenters. The van der Waals surface area contributed by atoms with Crippen molar-refractivity contribution in [2.75, 3.05) is 52.5 Å². The summed E-state index contributed by atoms with van der Waals surface area (Å²) in [5, 5.41) is 9.50. The first-order chi connectivity index (χ1) is 13.2. The van der Waals surface area contributed by atoms with Crippen LogP contribution in [0, 0.1) is 5.92 Å². The second-order valence-electron chi connectivity index (χ2n) is 7.04. The maximum Gasteiger partial charge on any atom is 0.221 e. The first-order valence-electron chi connectivity index (χ1n) is 10.8. The van der Waals surface area contributed by atoms with Gasteiger partial charge in [-0.1, -0.05) is 33.6 Å². The Balaban J connectivity index is 2.62. The average Bonchev–Trinajstić information content (AvgIpc) is 2.70. The van der Waals surface area contributed by atoms with Crippen molar-refractivity contribution in [2.45, 2.75) is 59.4 Å². The smallest absolute Gasteiger partial charge is 0.221 e. The van der Waals surface area contributed by atoms with Crippen LogP contribution in [0.4, 0.5) is 0 Å². The van der Waals surface area contributed by atoms with E-state index in [1.54, 1.807) is 0 Å². The molecule has 0 aromatic rings. The number of ether oxygens (including phenoxy) is 1. The van der Waals surface area contributed by atoms with E-state index in [1.165, 1.54) is 0 Å². The number of hydrogen-bond acceptors (Lipinski definition) is 4. The Labute approximate surface area is 165 Å². The van der Waals surface area contributed by atoms with Gasteiger partial charge in [0.1, 0.15) is 0 Å². The quantitative estimate of drug-likeness (QED) is 0.352. The number of hydrogen-bond donors (Lipinski definition) is 3. The minimum Gasteiger partial charge on any atom is -0.379 e. The van der Waals surface area contributed by atoms with Crippen LogP contribution in [-0.2, 0) is 9.53 Å². The normalized spacial score (nSPS) is 17.0. The van der Waals surface area contributed by atoms with Crippen molar-refractivity contribution in [3.05, 3.63) is 0 Å². The van der Waals surface area contributed by atoms with Crippen LogP contribution >= 0.6 is 0 Å². The summed E-state index contributed by atoms with van der Waals surface area (Å²) in [5.41, 5.74) is 0. The van der Waals surface area contributed by atoms with Gasteiger partial charge < -0.3 is 20.7 Å². The van der Waals surface area contributed by atoms with Crippen molar-refractivity contribution in [2.24, 2.45) is 10.9 Å². The summed E-state index contributed by atoms with van der Waals surface area (Å²) in [6.07, 6.45) is 3.75. The minimum absolute atomic E-state index is 0.0865. The van der Waals surface area contributed by atoms with Crippen LogP contribution in [0.25, 0.3) is 0 Å². The third kappa shape index (κ3) is 9.42. The molecule has 0 bridgehead atoms. The molecule has 27 heavy (non-hydrogen) atoms. The summed E-state index contributed by atoms with van der Waals surface area (Å²) in [4.78, 5) is 19.1. The number of rotatable bonds is 12. The van der Waals surface area contributed by atoms with E-state index in [0.717, 1.165) is 71.2 Å². The molecule has 0 saturated carbocycles. The van der Waals surface area contributed by atoms with Gasteiger partial charge in [0.05, 0.1) is 19.8 Å². The zero-order valence-electron chi connectivity index (χ0n) is 17.9. The van der Waals surface area contributed by atoms with Gasteiger partial charge in [-0.25, -0.2) is 0 Å². The number of guanidine groups is 1. The molecule has 3 N–H and O–H groups in total. The molecule has 7 nitrogen and oxygen atoms in total. The van der Waals surface area contributed by atoms with Crippen LogP contribution in [0.5, 0.6) is 0 Å². The van der Waals surface area contributed by atoms with E-state index >= 15 is 0 Å². The van der Waals surface area contributed by atoms with Crippen LogP contribution < -0.4 is 16.0 Å². The lowest BCUT2D eigenvalue weighted by molar-refractivity contribution is -0.120. The third-order valence-electron chi connectivity index (χ3n) is 5.10. The highest BCUT2D eigenvalue weighted by Crippen LogP contribution is 2.20. The van der Waals surface area contributed by atoms with Gasteiger partial charge in [-0.3, -0.25) is 14.7 Å². The first kappa shape index (κ1) is 23.7. The fraction of sp³-hybridized carbons (Fsp3) is 0.900. The number of carbonyl (C=O) groups is 1. The minimum atomic E-state index is 0.0865. The number of aliphatic imine (C=N–C) groups is 1. The van der Waals surface area contributed by atoms with Crippen LogP contribution in [0.3, 0.4) is 0 Å². The molecule has 0 aliphatic carbocycles.